The van der Waals surface area contributed by atoms with Gasteiger partial charge in [0, 0.05) is 3.57 Å². The molecule has 0 saturated heterocycles. The Bertz CT molecular complexity index is 383. The zero-order valence-corrected chi connectivity index (χ0v) is 9.89. The van der Waals surface area contributed by atoms with Crippen LogP contribution in [0.2, 0.25) is 0 Å². The van der Waals surface area contributed by atoms with Crippen molar-refractivity contribution in [2.24, 2.45) is 0 Å². The van der Waals surface area contributed by atoms with Crippen molar-refractivity contribution in [3.63, 3.8) is 0 Å². The van der Waals surface area contributed by atoms with Gasteiger partial charge in [-0.05, 0) is 44.6 Å². The van der Waals surface area contributed by atoms with Gasteiger partial charge in [0.05, 0.1) is 15.7 Å². The first-order valence-corrected chi connectivity index (χ1v) is 4.98. The highest BCUT2D eigenvalue weighted by molar-refractivity contribution is 14.1. The number of nitrogens with two attached hydrogens (primary N) is 1. The quantitative estimate of drug-likeness (QED) is 0.460. The normalized spacial score (nSPS) is 10.1. The molecule has 0 aliphatic rings. The molecule has 0 radical (unpaired) electrons. The maximum atomic E-state index is 13.2. The van der Waals surface area contributed by atoms with Crippen molar-refractivity contribution in [2.45, 2.75) is 0 Å². The number of halogens is 3. The number of rotatable bonds is 1. The Morgan fingerprint density at radius 2 is 2.23 bits per heavy atom. The summed E-state index contributed by atoms with van der Waals surface area (Å²) in [5.74, 6) is -1.97. The van der Waals surface area contributed by atoms with Crippen molar-refractivity contribution in [3.8, 4) is 0 Å². The van der Waals surface area contributed by atoms with E-state index in [-0.39, 0.29) is 15.7 Å². The maximum Gasteiger partial charge on any atom is 0.337 e. The largest absolute Gasteiger partial charge is 0.478 e. The highest BCUT2D eigenvalue weighted by atomic mass is 127. The van der Waals surface area contributed by atoms with Crippen molar-refractivity contribution in [1.82, 2.24) is 0 Å². The number of carboxylic acids is 1. The van der Waals surface area contributed by atoms with E-state index in [2.05, 4.69) is 15.9 Å². The molecule has 0 heterocycles. The van der Waals surface area contributed by atoms with Crippen LogP contribution in [0.4, 0.5) is 10.1 Å². The summed E-state index contributed by atoms with van der Waals surface area (Å²) in [7, 11) is 0. The molecule has 0 bridgehead atoms. The minimum atomic E-state index is -1.23. The van der Waals surface area contributed by atoms with Gasteiger partial charge in [-0.25, -0.2) is 9.18 Å². The van der Waals surface area contributed by atoms with Crippen LogP contribution in [-0.2, 0) is 0 Å². The maximum absolute atomic E-state index is 13.2. The van der Waals surface area contributed by atoms with E-state index in [1.165, 1.54) is 6.07 Å². The van der Waals surface area contributed by atoms with Gasteiger partial charge >= 0.3 is 5.97 Å². The number of carbonyl (C=O) groups is 1. The standard InChI is InChI=1S/C7H4BrFINO2/c8-4-3(10)1-2(7(12)13)6(11)5(4)9/h1H,11H2,(H,12,13). The summed E-state index contributed by atoms with van der Waals surface area (Å²) in [5.41, 5.74) is 4.70. The molecule has 0 atom stereocenters. The fraction of sp³-hybridized carbons (Fsp3) is 0. The predicted molar refractivity (Wildman–Crippen MR) is 58.2 cm³/mol. The van der Waals surface area contributed by atoms with Crippen molar-refractivity contribution >= 4 is 50.2 Å². The minimum Gasteiger partial charge on any atom is -0.478 e. The van der Waals surface area contributed by atoms with E-state index in [1.807, 2.05) is 22.6 Å². The second-order valence-corrected chi connectivity index (χ2v) is 4.21. The molecule has 3 N–H and O–H groups in total. The molecule has 1 rings (SSSR count). The predicted octanol–water partition coefficient (Wildman–Crippen LogP) is 2.47. The van der Waals surface area contributed by atoms with E-state index in [1.54, 1.807) is 0 Å². The third-order valence-corrected chi connectivity index (χ3v) is 3.80. The van der Waals surface area contributed by atoms with Crippen LogP contribution in [0.15, 0.2) is 10.5 Å². The summed E-state index contributed by atoms with van der Waals surface area (Å²) in [6.45, 7) is 0. The first-order valence-electron chi connectivity index (χ1n) is 3.11. The summed E-state index contributed by atoms with van der Waals surface area (Å²) in [4.78, 5) is 10.6. The Hall–Kier alpha value is -0.370. The van der Waals surface area contributed by atoms with Gasteiger partial charge in [-0.3, -0.25) is 0 Å². The van der Waals surface area contributed by atoms with Gasteiger partial charge in [0.1, 0.15) is 0 Å². The van der Waals surface area contributed by atoms with Crippen molar-refractivity contribution in [3.05, 3.63) is 25.5 Å². The second kappa shape index (κ2) is 3.79. The van der Waals surface area contributed by atoms with Crippen LogP contribution in [-0.4, -0.2) is 11.1 Å². The number of aromatic carboxylic acids is 1. The van der Waals surface area contributed by atoms with Crippen molar-refractivity contribution in [2.75, 3.05) is 5.73 Å². The van der Waals surface area contributed by atoms with E-state index in [0.29, 0.717) is 3.57 Å². The van der Waals surface area contributed by atoms with E-state index in [0.717, 1.165) is 0 Å². The van der Waals surface area contributed by atoms with Crippen LogP contribution < -0.4 is 5.73 Å². The molecule has 3 nitrogen and oxygen atoms in total. The van der Waals surface area contributed by atoms with E-state index < -0.39 is 11.8 Å². The number of nitrogen functional groups attached to an aromatic ring is 1. The Morgan fingerprint density at radius 1 is 1.69 bits per heavy atom. The van der Waals surface area contributed by atoms with Crippen LogP contribution in [0.25, 0.3) is 0 Å². The molecule has 1 aromatic rings. The molecular formula is C7H4BrFINO2. The number of carboxylic acid groups (broad SMARTS) is 1. The molecule has 1 aromatic carbocycles. The lowest BCUT2D eigenvalue weighted by atomic mass is 10.2. The Labute approximate surface area is 95.4 Å². The molecule has 0 unspecified atom stereocenters. The van der Waals surface area contributed by atoms with Crippen LogP contribution in [0.5, 0.6) is 0 Å². The number of hydrogen-bond acceptors (Lipinski definition) is 2. The highest BCUT2D eigenvalue weighted by Gasteiger charge is 2.17. The Kier molecular flexibility index (Phi) is 3.12. The third kappa shape index (κ3) is 1.93. The molecule has 6 heteroatoms. The zero-order chi connectivity index (χ0) is 10.2. The summed E-state index contributed by atoms with van der Waals surface area (Å²) < 4.78 is 13.8. The van der Waals surface area contributed by atoms with Crippen molar-refractivity contribution < 1.29 is 14.3 Å². The van der Waals surface area contributed by atoms with Crippen LogP contribution in [0.1, 0.15) is 10.4 Å². The summed E-state index contributed by atoms with van der Waals surface area (Å²) in [5, 5.41) is 8.64. The molecule has 0 saturated carbocycles. The summed E-state index contributed by atoms with van der Waals surface area (Å²) in [6.07, 6.45) is 0. The van der Waals surface area contributed by atoms with E-state index >= 15 is 0 Å². The fourth-order valence-electron chi connectivity index (χ4n) is 0.786. The van der Waals surface area contributed by atoms with Crippen molar-refractivity contribution in [1.29, 1.82) is 0 Å². The van der Waals surface area contributed by atoms with Crippen LogP contribution in [0, 0.1) is 9.39 Å². The highest BCUT2D eigenvalue weighted by Crippen LogP contribution is 2.29. The lowest BCUT2D eigenvalue weighted by Gasteiger charge is -2.05. The van der Waals surface area contributed by atoms with Gasteiger partial charge in [-0.15, -0.1) is 0 Å². The lowest BCUT2D eigenvalue weighted by Crippen LogP contribution is -2.06. The minimum absolute atomic E-state index is 0.190. The molecule has 0 amide bonds. The molecule has 0 spiro atoms. The van der Waals surface area contributed by atoms with Crippen LogP contribution >= 0.6 is 38.5 Å². The molecule has 70 valence electrons. The van der Waals surface area contributed by atoms with Gasteiger partial charge in [0.25, 0.3) is 0 Å². The molecule has 0 aliphatic carbocycles. The van der Waals surface area contributed by atoms with Gasteiger partial charge in [0.15, 0.2) is 5.82 Å². The SMILES string of the molecule is Nc1c(C(=O)O)cc(I)c(Br)c1F. The molecular weight excluding hydrogens is 356 g/mol. The molecule has 0 fully saturated rings. The molecule has 13 heavy (non-hydrogen) atoms. The first-order chi connectivity index (χ1) is 5.95. The number of benzene rings is 1. The number of anilines is 1. The van der Waals surface area contributed by atoms with E-state index in [9.17, 15) is 9.18 Å². The molecule has 0 aromatic heterocycles. The van der Waals surface area contributed by atoms with E-state index in [4.69, 9.17) is 10.8 Å². The zero-order valence-electron chi connectivity index (χ0n) is 6.14. The Balaban J connectivity index is 3.50. The second-order valence-electron chi connectivity index (χ2n) is 2.25. The topological polar surface area (TPSA) is 63.3 Å². The summed E-state index contributed by atoms with van der Waals surface area (Å²) in [6, 6.07) is 1.31. The monoisotopic (exact) mass is 359 g/mol. The Morgan fingerprint density at radius 3 is 2.69 bits per heavy atom. The third-order valence-electron chi connectivity index (χ3n) is 1.43. The van der Waals surface area contributed by atoms with Gasteiger partial charge < -0.3 is 10.8 Å². The average molecular weight is 360 g/mol. The van der Waals surface area contributed by atoms with Crippen LogP contribution in [0.3, 0.4) is 0 Å². The van der Waals surface area contributed by atoms with Gasteiger partial charge in [-0.1, -0.05) is 0 Å². The van der Waals surface area contributed by atoms with Gasteiger partial charge in [0.2, 0.25) is 0 Å². The van der Waals surface area contributed by atoms with Gasteiger partial charge in [-0.2, -0.15) is 0 Å². The number of hydrogen-bond donors (Lipinski definition) is 2. The first kappa shape index (κ1) is 10.7. The smallest absolute Gasteiger partial charge is 0.337 e. The average Bonchev–Trinajstić information content (AvgIpc) is 2.07. The lowest BCUT2D eigenvalue weighted by molar-refractivity contribution is 0.0697. The summed E-state index contributed by atoms with van der Waals surface area (Å²) >= 11 is 4.78. The molecule has 0 aliphatic heterocycles. The fourth-order valence-corrected chi connectivity index (χ4v) is 1.66.